The van der Waals surface area contributed by atoms with Gasteiger partial charge in [0.15, 0.2) is 0 Å². The van der Waals surface area contributed by atoms with Gasteiger partial charge in [0.1, 0.15) is 17.7 Å². The first-order valence-corrected chi connectivity index (χ1v) is 12.4. The Morgan fingerprint density at radius 3 is 2.12 bits per heavy atom. The van der Waals surface area contributed by atoms with Crippen LogP contribution in [0.3, 0.4) is 0 Å². The lowest BCUT2D eigenvalue weighted by atomic mass is 9.97. The first-order valence-electron chi connectivity index (χ1n) is 12.4. The molecule has 0 saturated carbocycles. The summed E-state index contributed by atoms with van der Waals surface area (Å²) in [6, 6.07) is 4.30. The minimum absolute atomic E-state index is 0.153. The summed E-state index contributed by atoms with van der Waals surface area (Å²) in [5, 5.41) is 5.73. The van der Waals surface area contributed by atoms with E-state index in [1.807, 2.05) is 45.9 Å². The Labute approximate surface area is 206 Å². The third-order valence-corrected chi connectivity index (χ3v) is 5.32. The van der Waals surface area contributed by atoms with Crippen LogP contribution in [0.5, 0.6) is 0 Å². The third kappa shape index (κ3) is 10.1. The lowest BCUT2D eigenvalue weighted by Crippen LogP contribution is -2.52. The summed E-state index contributed by atoms with van der Waals surface area (Å²) in [7, 11) is 1.63. The Morgan fingerprint density at radius 1 is 1.03 bits per heavy atom. The molecule has 192 valence electrons. The molecule has 0 spiro atoms. The Morgan fingerprint density at radius 2 is 1.62 bits per heavy atom. The molecule has 0 bridgehead atoms. The molecule has 2 unspecified atom stereocenters. The molecule has 0 aliphatic carbocycles. The molecule has 1 aromatic rings. The summed E-state index contributed by atoms with van der Waals surface area (Å²) < 4.78 is 5.38. The van der Waals surface area contributed by atoms with Crippen LogP contribution in [0.4, 0.5) is 4.79 Å². The Hall–Kier alpha value is -2.57. The molecular formula is C27H45N3O4. The quantitative estimate of drug-likeness (QED) is 0.439. The number of unbranched alkanes of at least 4 members (excludes halogenated alkanes) is 2. The summed E-state index contributed by atoms with van der Waals surface area (Å²) in [6.07, 6.45) is 2.75. The number of carbonyl (C=O) groups excluding carboxylic acids is 3. The fourth-order valence-electron chi connectivity index (χ4n) is 3.92. The number of ether oxygens (including phenoxy) is 1. The summed E-state index contributed by atoms with van der Waals surface area (Å²) in [5.41, 5.74) is 2.11. The van der Waals surface area contributed by atoms with E-state index in [0.29, 0.717) is 13.0 Å². The number of amides is 3. The van der Waals surface area contributed by atoms with Gasteiger partial charge in [-0.2, -0.15) is 0 Å². The molecule has 0 saturated heterocycles. The van der Waals surface area contributed by atoms with Crippen molar-refractivity contribution in [2.75, 3.05) is 13.6 Å². The fourth-order valence-corrected chi connectivity index (χ4v) is 3.92. The fraction of sp³-hybridized carbons (Fsp3) is 0.667. The number of nitrogens with one attached hydrogen (secondary N) is 2. The van der Waals surface area contributed by atoms with Crippen molar-refractivity contribution in [1.82, 2.24) is 15.5 Å². The molecule has 0 aliphatic rings. The highest BCUT2D eigenvalue weighted by Crippen LogP contribution is 2.24. The number of alkyl carbamates (subject to hydrolysis) is 1. The highest BCUT2D eigenvalue weighted by Gasteiger charge is 2.34. The van der Waals surface area contributed by atoms with Crippen LogP contribution in [-0.4, -0.2) is 48.0 Å². The number of hydrogen-bond donors (Lipinski definition) is 2. The smallest absolute Gasteiger partial charge is 0.408 e. The van der Waals surface area contributed by atoms with Crippen molar-refractivity contribution < 1.29 is 19.1 Å². The van der Waals surface area contributed by atoms with Crippen molar-refractivity contribution in [1.29, 1.82) is 0 Å². The van der Waals surface area contributed by atoms with Crippen LogP contribution in [0.15, 0.2) is 18.2 Å². The van der Waals surface area contributed by atoms with Gasteiger partial charge in [-0.05, 0) is 58.9 Å². The number of nitrogens with zero attached hydrogens (tertiary/aromatic N) is 1. The first-order chi connectivity index (χ1) is 15.7. The second-order valence-corrected chi connectivity index (χ2v) is 10.6. The molecule has 1 rings (SSSR count). The molecule has 0 heterocycles. The predicted molar refractivity (Wildman–Crippen MR) is 137 cm³/mol. The second kappa shape index (κ2) is 13.4. The van der Waals surface area contributed by atoms with Crippen molar-refractivity contribution in [3.8, 4) is 0 Å². The van der Waals surface area contributed by atoms with E-state index in [-0.39, 0.29) is 17.7 Å². The standard InChI is InChI=1S/C27H45N3O4/c1-10-11-12-13-28-24(31)23(21-16-19(4)15-20(5)17-21)30(9)25(32)22(14-18(2)3)29-26(33)34-27(6,7)8/h15-18,22-23H,10-14H2,1-9H3,(H,28,31)(H,29,33). The van der Waals surface area contributed by atoms with Crippen LogP contribution in [0.2, 0.25) is 0 Å². The molecule has 2 atom stereocenters. The average molecular weight is 476 g/mol. The van der Waals surface area contributed by atoms with Gasteiger partial charge in [-0.25, -0.2) is 4.79 Å². The molecular weight excluding hydrogens is 430 g/mol. The monoisotopic (exact) mass is 475 g/mol. The summed E-state index contributed by atoms with van der Waals surface area (Å²) in [5.74, 6) is -0.398. The Balaban J connectivity index is 3.24. The van der Waals surface area contributed by atoms with E-state index in [0.717, 1.165) is 36.0 Å². The van der Waals surface area contributed by atoms with Gasteiger partial charge >= 0.3 is 6.09 Å². The largest absolute Gasteiger partial charge is 0.444 e. The Bertz CT molecular complexity index is 809. The van der Waals surface area contributed by atoms with Crippen molar-refractivity contribution in [3.05, 3.63) is 34.9 Å². The van der Waals surface area contributed by atoms with Gasteiger partial charge in [-0.3, -0.25) is 9.59 Å². The zero-order chi connectivity index (χ0) is 26.1. The zero-order valence-corrected chi connectivity index (χ0v) is 22.6. The molecule has 0 aromatic heterocycles. The molecule has 0 fully saturated rings. The first kappa shape index (κ1) is 29.5. The lowest BCUT2D eigenvalue weighted by molar-refractivity contribution is -0.141. The van der Waals surface area contributed by atoms with Crippen LogP contribution in [-0.2, 0) is 14.3 Å². The van der Waals surface area contributed by atoms with E-state index in [4.69, 9.17) is 4.74 Å². The van der Waals surface area contributed by atoms with Crippen molar-refractivity contribution in [2.45, 2.75) is 98.8 Å². The molecule has 3 amide bonds. The summed E-state index contributed by atoms with van der Waals surface area (Å²) in [4.78, 5) is 40.8. The maximum absolute atomic E-state index is 13.6. The van der Waals surface area contributed by atoms with Crippen LogP contribution >= 0.6 is 0 Å². The van der Waals surface area contributed by atoms with Gasteiger partial charge in [0.2, 0.25) is 11.8 Å². The van der Waals surface area contributed by atoms with E-state index < -0.39 is 23.8 Å². The van der Waals surface area contributed by atoms with Gasteiger partial charge < -0.3 is 20.3 Å². The SMILES string of the molecule is CCCCCNC(=O)C(c1cc(C)cc(C)c1)N(C)C(=O)C(CC(C)C)NC(=O)OC(C)(C)C. The number of rotatable bonds is 11. The van der Waals surface area contributed by atoms with Crippen LogP contribution in [0, 0.1) is 19.8 Å². The van der Waals surface area contributed by atoms with Gasteiger partial charge in [-0.1, -0.05) is 62.9 Å². The molecule has 34 heavy (non-hydrogen) atoms. The van der Waals surface area contributed by atoms with E-state index in [1.165, 1.54) is 4.90 Å². The van der Waals surface area contributed by atoms with Crippen LogP contribution < -0.4 is 10.6 Å². The normalized spacial score (nSPS) is 13.2. The maximum atomic E-state index is 13.6. The number of aryl methyl sites for hydroxylation is 2. The zero-order valence-electron chi connectivity index (χ0n) is 22.6. The molecule has 0 radical (unpaired) electrons. The van der Waals surface area contributed by atoms with E-state index in [2.05, 4.69) is 17.6 Å². The number of likely N-dealkylation sites (N-methyl/N-ethyl adjacent to an activating group) is 1. The topological polar surface area (TPSA) is 87.7 Å². The second-order valence-electron chi connectivity index (χ2n) is 10.6. The predicted octanol–water partition coefficient (Wildman–Crippen LogP) is 5.05. The molecule has 7 nitrogen and oxygen atoms in total. The van der Waals surface area contributed by atoms with Crippen molar-refractivity contribution in [2.24, 2.45) is 5.92 Å². The maximum Gasteiger partial charge on any atom is 0.408 e. The van der Waals surface area contributed by atoms with Gasteiger partial charge in [-0.15, -0.1) is 0 Å². The number of carbonyl (C=O) groups is 3. The van der Waals surface area contributed by atoms with E-state index >= 15 is 0 Å². The molecule has 1 aromatic carbocycles. The number of benzene rings is 1. The number of hydrogen-bond acceptors (Lipinski definition) is 4. The lowest BCUT2D eigenvalue weighted by Gasteiger charge is -2.32. The third-order valence-electron chi connectivity index (χ3n) is 5.32. The highest BCUT2D eigenvalue weighted by atomic mass is 16.6. The van der Waals surface area contributed by atoms with Crippen molar-refractivity contribution in [3.63, 3.8) is 0 Å². The summed E-state index contributed by atoms with van der Waals surface area (Å²) >= 11 is 0. The highest BCUT2D eigenvalue weighted by molar-refractivity contribution is 5.92. The minimum Gasteiger partial charge on any atom is -0.444 e. The minimum atomic E-state index is -0.804. The van der Waals surface area contributed by atoms with Crippen molar-refractivity contribution >= 4 is 17.9 Å². The van der Waals surface area contributed by atoms with E-state index in [9.17, 15) is 14.4 Å². The summed E-state index contributed by atoms with van der Waals surface area (Å²) in [6.45, 7) is 15.9. The van der Waals surface area contributed by atoms with Gasteiger partial charge in [0.25, 0.3) is 0 Å². The Kier molecular flexibility index (Phi) is 11.6. The molecule has 0 aliphatic heterocycles. The average Bonchev–Trinajstić information content (AvgIpc) is 2.67. The van der Waals surface area contributed by atoms with Crippen LogP contribution in [0.25, 0.3) is 0 Å². The van der Waals surface area contributed by atoms with Gasteiger partial charge in [0, 0.05) is 13.6 Å². The van der Waals surface area contributed by atoms with Crippen LogP contribution in [0.1, 0.15) is 90.0 Å². The molecule has 7 heteroatoms. The molecule has 2 N–H and O–H groups in total. The van der Waals surface area contributed by atoms with E-state index in [1.54, 1.807) is 27.8 Å². The van der Waals surface area contributed by atoms with Gasteiger partial charge in [0.05, 0.1) is 0 Å².